The van der Waals surface area contributed by atoms with Crippen molar-refractivity contribution in [2.75, 3.05) is 14.2 Å². The molecule has 1 aliphatic carbocycles. The normalized spacial score (nSPS) is 18.1. The Balaban J connectivity index is 2.27. The molecule has 0 atom stereocenters. The van der Waals surface area contributed by atoms with Gasteiger partial charge in [-0.1, -0.05) is 26.0 Å². The second-order valence-electron chi connectivity index (χ2n) is 5.67. The van der Waals surface area contributed by atoms with E-state index in [-0.39, 0.29) is 0 Å². The van der Waals surface area contributed by atoms with Gasteiger partial charge in [0.2, 0.25) is 0 Å². The fourth-order valence-corrected chi connectivity index (χ4v) is 2.37. The molecule has 0 N–H and O–H groups in total. The van der Waals surface area contributed by atoms with Crippen LogP contribution < -0.4 is 9.47 Å². The Bertz CT molecular complexity index is 458. The maximum atomic E-state index is 5.36. The lowest BCUT2D eigenvalue weighted by molar-refractivity contribution is 0.334. The number of rotatable bonds is 3. The summed E-state index contributed by atoms with van der Waals surface area (Å²) in [5.74, 6) is 1.60. The van der Waals surface area contributed by atoms with Crippen LogP contribution in [0.25, 0.3) is 5.57 Å². The lowest BCUT2D eigenvalue weighted by atomic mass is 9.77. The van der Waals surface area contributed by atoms with Gasteiger partial charge >= 0.3 is 0 Å². The molecule has 18 heavy (non-hydrogen) atoms. The summed E-state index contributed by atoms with van der Waals surface area (Å²) in [7, 11) is 3.35. The van der Waals surface area contributed by atoms with Gasteiger partial charge in [0.1, 0.15) is 0 Å². The molecule has 0 saturated heterocycles. The number of hydrogen-bond donors (Lipinski definition) is 0. The summed E-state index contributed by atoms with van der Waals surface area (Å²) in [4.78, 5) is 0. The van der Waals surface area contributed by atoms with Crippen LogP contribution in [0.4, 0.5) is 0 Å². The number of hydrogen-bond acceptors (Lipinski definition) is 2. The minimum Gasteiger partial charge on any atom is -0.493 e. The first-order valence-corrected chi connectivity index (χ1v) is 6.47. The predicted octanol–water partition coefficient (Wildman–Crippen LogP) is 4.30. The third-order valence-corrected chi connectivity index (χ3v) is 3.73. The van der Waals surface area contributed by atoms with Gasteiger partial charge in [-0.2, -0.15) is 0 Å². The monoisotopic (exact) mass is 246 g/mol. The third-order valence-electron chi connectivity index (χ3n) is 3.73. The van der Waals surface area contributed by atoms with Crippen molar-refractivity contribution < 1.29 is 9.47 Å². The summed E-state index contributed by atoms with van der Waals surface area (Å²) in [6.07, 6.45) is 5.90. The first-order valence-electron chi connectivity index (χ1n) is 6.47. The first-order chi connectivity index (χ1) is 8.55. The number of allylic oxidation sites excluding steroid dienone is 2. The Morgan fingerprint density at radius 1 is 1.06 bits per heavy atom. The highest BCUT2D eigenvalue weighted by Crippen LogP contribution is 2.39. The smallest absolute Gasteiger partial charge is 0.161 e. The molecule has 2 nitrogen and oxygen atoms in total. The molecule has 1 aliphatic rings. The van der Waals surface area contributed by atoms with Crippen molar-refractivity contribution in [2.24, 2.45) is 5.41 Å². The average Bonchev–Trinajstić information content (AvgIpc) is 2.38. The van der Waals surface area contributed by atoms with E-state index in [4.69, 9.17) is 9.47 Å². The average molecular weight is 246 g/mol. The molecule has 0 aliphatic heterocycles. The van der Waals surface area contributed by atoms with E-state index in [0.29, 0.717) is 5.41 Å². The fourth-order valence-electron chi connectivity index (χ4n) is 2.37. The topological polar surface area (TPSA) is 18.5 Å². The van der Waals surface area contributed by atoms with Gasteiger partial charge in [-0.3, -0.25) is 0 Å². The maximum absolute atomic E-state index is 5.36. The largest absolute Gasteiger partial charge is 0.493 e. The van der Waals surface area contributed by atoms with Crippen molar-refractivity contribution in [1.29, 1.82) is 0 Å². The van der Waals surface area contributed by atoms with Crippen LogP contribution in [0.5, 0.6) is 11.5 Å². The van der Waals surface area contributed by atoms with E-state index in [1.165, 1.54) is 17.6 Å². The minimum atomic E-state index is 0.445. The molecule has 98 valence electrons. The zero-order chi connectivity index (χ0) is 13.2. The highest BCUT2D eigenvalue weighted by Gasteiger charge is 2.22. The van der Waals surface area contributed by atoms with E-state index in [1.807, 2.05) is 6.07 Å². The van der Waals surface area contributed by atoms with Crippen LogP contribution in [0.1, 0.15) is 38.7 Å². The zero-order valence-electron chi connectivity index (χ0n) is 11.7. The molecule has 0 spiro atoms. The molecule has 2 rings (SSSR count). The Labute approximate surface area is 110 Å². The van der Waals surface area contributed by atoms with Crippen molar-refractivity contribution in [3.63, 3.8) is 0 Å². The summed E-state index contributed by atoms with van der Waals surface area (Å²) < 4.78 is 10.6. The van der Waals surface area contributed by atoms with E-state index in [1.54, 1.807) is 14.2 Å². The second-order valence-corrected chi connectivity index (χ2v) is 5.67. The molecule has 0 bridgehead atoms. The Morgan fingerprint density at radius 2 is 1.78 bits per heavy atom. The summed E-state index contributed by atoms with van der Waals surface area (Å²) in [6, 6.07) is 6.17. The highest BCUT2D eigenvalue weighted by molar-refractivity contribution is 5.69. The minimum absolute atomic E-state index is 0.445. The molecule has 2 heteroatoms. The van der Waals surface area contributed by atoms with Gasteiger partial charge in [-0.25, -0.2) is 0 Å². The van der Waals surface area contributed by atoms with E-state index in [9.17, 15) is 0 Å². The van der Waals surface area contributed by atoms with Gasteiger partial charge in [-0.15, -0.1) is 0 Å². The van der Waals surface area contributed by atoms with Crippen LogP contribution in [-0.2, 0) is 0 Å². The van der Waals surface area contributed by atoms with Crippen LogP contribution in [0.2, 0.25) is 0 Å². The second kappa shape index (κ2) is 5.05. The predicted molar refractivity (Wildman–Crippen MR) is 75.2 cm³/mol. The summed E-state index contributed by atoms with van der Waals surface area (Å²) in [6.45, 7) is 4.66. The molecular formula is C16H22O2. The maximum Gasteiger partial charge on any atom is 0.161 e. The standard InChI is InChI=1S/C16H22O2/c1-16(2)9-7-12(8-10-16)13-5-6-14(17-3)15(11-13)18-4/h5-7,11H,8-10H2,1-4H3. The van der Waals surface area contributed by atoms with Gasteiger partial charge in [0, 0.05) is 0 Å². The van der Waals surface area contributed by atoms with E-state index >= 15 is 0 Å². The molecule has 0 radical (unpaired) electrons. The number of methoxy groups -OCH3 is 2. The highest BCUT2D eigenvalue weighted by atomic mass is 16.5. The Morgan fingerprint density at radius 3 is 2.33 bits per heavy atom. The lowest BCUT2D eigenvalue weighted by Gasteiger charge is -2.28. The van der Waals surface area contributed by atoms with Crippen molar-refractivity contribution in [1.82, 2.24) is 0 Å². The molecule has 1 aromatic rings. The first kappa shape index (κ1) is 13.0. The summed E-state index contributed by atoms with van der Waals surface area (Å²) in [5, 5.41) is 0. The SMILES string of the molecule is COc1ccc(C2=CCC(C)(C)CC2)cc1OC. The van der Waals surface area contributed by atoms with E-state index in [2.05, 4.69) is 32.1 Å². The molecule has 0 amide bonds. The lowest BCUT2D eigenvalue weighted by Crippen LogP contribution is -2.14. The summed E-state index contributed by atoms with van der Waals surface area (Å²) in [5.41, 5.74) is 3.12. The molecule has 0 aromatic heterocycles. The van der Waals surface area contributed by atoms with Gasteiger partial charge in [0.15, 0.2) is 11.5 Å². The molecule has 1 aromatic carbocycles. The van der Waals surface area contributed by atoms with E-state index < -0.39 is 0 Å². The quantitative estimate of drug-likeness (QED) is 0.791. The summed E-state index contributed by atoms with van der Waals surface area (Å²) >= 11 is 0. The van der Waals surface area contributed by atoms with Gasteiger partial charge < -0.3 is 9.47 Å². The number of benzene rings is 1. The van der Waals surface area contributed by atoms with Crippen LogP contribution in [0.15, 0.2) is 24.3 Å². The van der Waals surface area contributed by atoms with E-state index in [0.717, 1.165) is 24.3 Å². The van der Waals surface area contributed by atoms with Crippen molar-refractivity contribution in [2.45, 2.75) is 33.1 Å². The van der Waals surface area contributed by atoms with Crippen LogP contribution in [0.3, 0.4) is 0 Å². The third kappa shape index (κ3) is 2.69. The molecule has 0 saturated carbocycles. The zero-order valence-corrected chi connectivity index (χ0v) is 11.7. The van der Waals surface area contributed by atoms with Crippen LogP contribution in [-0.4, -0.2) is 14.2 Å². The van der Waals surface area contributed by atoms with Gasteiger partial charge in [0.25, 0.3) is 0 Å². The number of ether oxygens (including phenoxy) is 2. The molecule has 0 fully saturated rings. The van der Waals surface area contributed by atoms with Gasteiger partial charge in [0.05, 0.1) is 14.2 Å². The molecule has 0 heterocycles. The fraction of sp³-hybridized carbons (Fsp3) is 0.500. The van der Waals surface area contributed by atoms with Crippen LogP contribution >= 0.6 is 0 Å². The Hall–Kier alpha value is -1.44. The Kier molecular flexibility index (Phi) is 3.65. The van der Waals surface area contributed by atoms with Crippen molar-refractivity contribution >= 4 is 5.57 Å². The molecule has 0 unspecified atom stereocenters. The van der Waals surface area contributed by atoms with Crippen LogP contribution in [0, 0.1) is 5.41 Å². The van der Waals surface area contributed by atoms with Crippen molar-refractivity contribution in [3.05, 3.63) is 29.8 Å². The molecular weight excluding hydrogens is 224 g/mol. The van der Waals surface area contributed by atoms with Crippen molar-refractivity contribution in [3.8, 4) is 11.5 Å². The van der Waals surface area contributed by atoms with Gasteiger partial charge in [-0.05, 0) is 47.9 Å².